The van der Waals surface area contributed by atoms with Crippen LogP contribution in [0.1, 0.15) is 28.3 Å². The van der Waals surface area contributed by atoms with Gasteiger partial charge in [0, 0.05) is 5.56 Å². The van der Waals surface area contributed by atoms with Crippen LogP contribution in [0.2, 0.25) is 0 Å². The molecular weight excluding hydrogens is 349 g/mol. The van der Waals surface area contributed by atoms with E-state index in [-0.39, 0.29) is 5.56 Å². The maximum Gasteiger partial charge on any atom is 0.216 e. The molecule has 0 saturated carbocycles. The van der Waals surface area contributed by atoms with Gasteiger partial charge < -0.3 is 0 Å². The lowest BCUT2D eigenvalue weighted by molar-refractivity contribution is 0.566. The average molecular weight is 369 g/mol. The van der Waals surface area contributed by atoms with Crippen molar-refractivity contribution in [1.82, 2.24) is 4.72 Å². The third-order valence-electron chi connectivity index (χ3n) is 4.23. The van der Waals surface area contributed by atoms with E-state index in [2.05, 4.69) is 4.72 Å². The van der Waals surface area contributed by atoms with Crippen molar-refractivity contribution in [3.05, 3.63) is 107 Å². The molecule has 134 valence electrons. The summed E-state index contributed by atoms with van der Waals surface area (Å²) in [6, 6.07) is 22.4. The zero-order chi connectivity index (χ0) is 18.6. The molecule has 3 aromatic rings. The van der Waals surface area contributed by atoms with Crippen LogP contribution in [0.3, 0.4) is 0 Å². The molecule has 0 amide bonds. The van der Waals surface area contributed by atoms with Crippen molar-refractivity contribution in [2.75, 3.05) is 0 Å². The van der Waals surface area contributed by atoms with Gasteiger partial charge in [-0.2, -0.15) is 0 Å². The topological polar surface area (TPSA) is 46.2 Å². The Kier molecular flexibility index (Phi) is 5.49. The van der Waals surface area contributed by atoms with Crippen LogP contribution in [0, 0.1) is 12.7 Å². The largest absolute Gasteiger partial charge is 0.216 e. The zero-order valence-electron chi connectivity index (χ0n) is 14.4. The molecule has 0 aliphatic carbocycles. The normalized spacial score (nSPS) is 12.7. The first-order valence-corrected chi connectivity index (χ1v) is 9.95. The quantitative estimate of drug-likeness (QED) is 0.702. The predicted octanol–water partition coefficient (Wildman–Crippen LogP) is 4.34. The number of benzene rings is 3. The SMILES string of the molecule is Cc1ccccc1[C@H](NS(=O)(=O)Cc1ccccc1F)c1ccccc1. The molecule has 0 aliphatic rings. The van der Waals surface area contributed by atoms with Crippen molar-refractivity contribution >= 4 is 10.0 Å². The Balaban J connectivity index is 1.96. The van der Waals surface area contributed by atoms with Crippen molar-refractivity contribution < 1.29 is 12.8 Å². The smallest absolute Gasteiger partial charge is 0.212 e. The van der Waals surface area contributed by atoms with Crippen LogP contribution in [0.15, 0.2) is 78.9 Å². The van der Waals surface area contributed by atoms with Gasteiger partial charge in [-0.1, -0.05) is 72.8 Å². The van der Waals surface area contributed by atoms with E-state index in [9.17, 15) is 12.8 Å². The first-order chi connectivity index (χ1) is 12.5. The van der Waals surface area contributed by atoms with Gasteiger partial charge >= 0.3 is 0 Å². The third kappa shape index (κ3) is 4.36. The highest BCUT2D eigenvalue weighted by molar-refractivity contribution is 7.88. The number of sulfonamides is 1. The van der Waals surface area contributed by atoms with E-state index < -0.39 is 27.6 Å². The Bertz CT molecular complexity index is 988. The van der Waals surface area contributed by atoms with Gasteiger partial charge in [-0.15, -0.1) is 0 Å². The van der Waals surface area contributed by atoms with Gasteiger partial charge in [0.1, 0.15) is 5.82 Å². The lowest BCUT2D eigenvalue weighted by atomic mass is 9.96. The second-order valence-corrected chi connectivity index (χ2v) is 7.92. The minimum Gasteiger partial charge on any atom is -0.212 e. The van der Waals surface area contributed by atoms with Gasteiger partial charge in [-0.25, -0.2) is 17.5 Å². The summed E-state index contributed by atoms with van der Waals surface area (Å²) in [5, 5.41) is 0. The first kappa shape index (κ1) is 18.3. The molecule has 0 saturated heterocycles. The first-order valence-electron chi connectivity index (χ1n) is 8.30. The lowest BCUT2D eigenvalue weighted by Gasteiger charge is -2.21. The second kappa shape index (κ2) is 7.81. The van der Waals surface area contributed by atoms with Crippen LogP contribution < -0.4 is 4.72 Å². The Morgan fingerprint density at radius 3 is 2.19 bits per heavy atom. The second-order valence-electron chi connectivity index (χ2n) is 6.17. The van der Waals surface area contributed by atoms with Crippen molar-refractivity contribution in [1.29, 1.82) is 0 Å². The molecule has 0 heterocycles. The van der Waals surface area contributed by atoms with Gasteiger partial charge in [0.05, 0.1) is 11.8 Å². The van der Waals surface area contributed by atoms with Crippen LogP contribution in [0.5, 0.6) is 0 Å². The number of halogens is 1. The highest BCUT2D eigenvalue weighted by Gasteiger charge is 2.23. The van der Waals surface area contributed by atoms with Crippen molar-refractivity contribution in [2.24, 2.45) is 0 Å². The van der Waals surface area contributed by atoms with E-state index >= 15 is 0 Å². The Hall–Kier alpha value is -2.50. The van der Waals surface area contributed by atoms with Gasteiger partial charge in [-0.05, 0) is 29.7 Å². The number of nitrogens with one attached hydrogen (secondary N) is 1. The van der Waals surface area contributed by atoms with Crippen LogP contribution in [-0.4, -0.2) is 8.42 Å². The highest BCUT2D eigenvalue weighted by Crippen LogP contribution is 2.26. The molecule has 1 atom stereocenters. The lowest BCUT2D eigenvalue weighted by Crippen LogP contribution is -2.31. The molecule has 3 rings (SSSR count). The fourth-order valence-corrected chi connectivity index (χ4v) is 4.26. The van der Waals surface area contributed by atoms with E-state index in [0.717, 1.165) is 16.7 Å². The molecule has 0 fully saturated rings. The molecule has 5 heteroatoms. The molecule has 26 heavy (non-hydrogen) atoms. The molecular formula is C21H20FNO2S. The fourth-order valence-electron chi connectivity index (χ4n) is 2.91. The fraction of sp³-hybridized carbons (Fsp3) is 0.143. The average Bonchev–Trinajstić information content (AvgIpc) is 2.63. The summed E-state index contributed by atoms with van der Waals surface area (Å²) in [5.41, 5.74) is 2.83. The van der Waals surface area contributed by atoms with Gasteiger partial charge in [0.2, 0.25) is 10.0 Å². The van der Waals surface area contributed by atoms with Crippen molar-refractivity contribution in [3.63, 3.8) is 0 Å². The monoisotopic (exact) mass is 369 g/mol. The molecule has 0 radical (unpaired) electrons. The summed E-state index contributed by atoms with van der Waals surface area (Å²) in [6.45, 7) is 1.94. The minimum atomic E-state index is -3.76. The van der Waals surface area contributed by atoms with E-state index in [1.165, 1.54) is 12.1 Å². The zero-order valence-corrected chi connectivity index (χ0v) is 15.2. The molecule has 0 aromatic heterocycles. The van der Waals surface area contributed by atoms with E-state index in [1.54, 1.807) is 12.1 Å². The number of aryl methyl sites for hydroxylation is 1. The standard InChI is InChI=1S/C21H20FNO2S/c1-16-9-5-7-13-19(16)21(17-10-3-2-4-11-17)23-26(24,25)15-18-12-6-8-14-20(18)22/h2-14,21,23H,15H2,1H3/t21-/m1/s1. The summed E-state index contributed by atoms with van der Waals surface area (Å²) in [6.07, 6.45) is 0. The molecule has 3 aromatic carbocycles. The van der Waals surface area contributed by atoms with Crippen molar-refractivity contribution in [2.45, 2.75) is 18.7 Å². The summed E-state index contributed by atoms with van der Waals surface area (Å²) >= 11 is 0. The third-order valence-corrected chi connectivity index (χ3v) is 5.52. The predicted molar refractivity (Wildman–Crippen MR) is 102 cm³/mol. The Morgan fingerprint density at radius 2 is 1.50 bits per heavy atom. The summed E-state index contributed by atoms with van der Waals surface area (Å²) in [5.74, 6) is -0.931. The molecule has 0 aliphatic heterocycles. The van der Waals surface area contributed by atoms with Crippen LogP contribution in [-0.2, 0) is 15.8 Å². The number of hydrogen-bond acceptors (Lipinski definition) is 2. The maximum atomic E-state index is 13.9. The number of rotatable bonds is 6. The summed E-state index contributed by atoms with van der Waals surface area (Å²) in [7, 11) is -3.76. The maximum absolute atomic E-state index is 13.9. The van der Waals surface area contributed by atoms with Crippen LogP contribution >= 0.6 is 0 Å². The molecule has 0 unspecified atom stereocenters. The molecule has 0 bridgehead atoms. The van der Waals surface area contributed by atoms with Crippen molar-refractivity contribution in [3.8, 4) is 0 Å². The van der Waals surface area contributed by atoms with Gasteiger partial charge in [0.25, 0.3) is 0 Å². The molecule has 1 N–H and O–H groups in total. The highest BCUT2D eigenvalue weighted by atomic mass is 32.2. The van der Waals surface area contributed by atoms with Crippen LogP contribution in [0.4, 0.5) is 4.39 Å². The van der Waals surface area contributed by atoms with E-state index in [1.807, 2.05) is 61.5 Å². The van der Waals surface area contributed by atoms with Crippen LogP contribution in [0.25, 0.3) is 0 Å². The number of hydrogen-bond donors (Lipinski definition) is 1. The summed E-state index contributed by atoms with van der Waals surface area (Å²) in [4.78, 5) is 0. The van der Waals surface area contributed by atoms with Gasteiger partial charge in [0.15, 0.2) is 0 Å². The molecule has 3 nitrogen and oxygen atoms in total. The summed E-state index contributed by atoms with van der Waals surface area (Å²) < 4.78 is 42.1. The van der Waals surface area contributed by atoms with E-state index in [4.69, 9.17) is 0 Å². The minimum absolute atomic E-state index is 0.150. The Labute approximate surface area is 153 Å². The molecule has 0 spiro atoms. The Morgan fingerprint density at radius 1 is 0.885 bits per heavy atom. The van der Waals surface area contributed by atoms with E-state index in [0.29, 0.717) is 0 Å². The van der Waals surface area contributed by atoms with Gasteiger partial charge in [-0.3, -0.25) is 0 Å².